The number of terminal acetylenes is 1. The summed E-state index contributed by atoms with van der Waals surface area (Å²) in [4.78, 5) is 2.20. The Bertz CT molecular complexity index is 798. The van der Waals surface area contributed by atoms with Crippen LogP contribution in [-0.4, -0.2) is 18.0 Å². The van der Waals surface area contributed by atoms with Crippen molar-refractivity contribution in [3.8, 4) is 12.3 Å². The van der Waals surface area contributed by atoms with E-state index in [1.807, 2.05) is 0 Å². The van der Waals surface area contributed by atoms with Gasteiger partial charge in [-0.2, -0.15) is 0 Å². The molecule has 2 aliphatic carbocycles. The fraction of sp³-hybridized carbons (Fsp3) is 0.417. The van der Waals surface area contributed by atoms with Gasteiger partial charge in [0.2, 0.25) is 0 Å². The van der Waals surface area contributed by atoms with Crippen molar-refractivity contribution in [3.05, 3.63) is 71.0 Å². The van der Waals surface area contributed by atoms with E-state index in [4.69, 9.17) is 6.42 Å². The van der Waals surface area contributed by atoms with Gasteiger partial charge in [0.05, 0.1) is 5.70 Å². The van der Waals surface area contributed by atoms with Gasteiger partial charge in [-0.1, -0.05) is 54.5 Å². The molecule has 1 fully saturated rings. The lowest BCUT2D eigenvalue weighted by atomic mass is 9.67. The van der Waals surface area contributed by atoms with Crippen LogP contribution >= 0.6 is 0 Å². The van der Waals surface area contributed by atoms with Gasteiger partial charge in [0, 0.05) is 19.0 Å². The molecule has 1 aromatic carbocycles. The maximum Gasteiger partial charge on any atom is 0.0803 e. The van der Waals surface area contributed by atoms with Gasteiger partial charge in [-0.3, -0.25) is 0 Å². The zero-order chi connectivity index (χ0) is 17.6. The molecule has 0 bridgehead atoms. The molecule has 1 aliphatic heterocycles. The topological polar surface area (TPSA) is 3.24 Å². The third-order valence-corrected chi connectivity index (χ3v) is 6.29. The Morgan fingerprint density at radius 1 is 1.36 bits per heavy atom. The fourth-order valence-corrected chi connectivity index (χ4v) is 4.82. The fourth-order valence-electron chi connectivity index (χ4n) is 4.82. The van der Waals surface area contributed by atoms with Crippen LogP contribution in [0.25, 0.3) is 0 Å². The lowest BCUT2D eigenvalue weighted by molar-refractivity contribution is 0.150. The zero-order valence-electron chi connectivity index (χ0n) is 15.2. The molecule has 0 amide bonds. The lowest BCUT2D eigenvalue weighted by Gasteiger charge is -2.41. The third-order valence-electron chi connectivity index (χ3n) is 6.29. The number of rotatable bonds is 3. The Balaban J connectivity index is 1.51. The predicted molar refractivity (Wildman–Crippen MR) is 105 cm³/mol. The molecule has 0 aromatic heterocycles. The van der Waals surface area contributed by atoms with E-state index in [9.17, 15) is 0 Å². The van der Waals surface area contributed by atoms with Crippen molar-refractivity contribution in [1.82, 2.24) is 4.90 Å². The maximum atomic E-state index is 5.43. The van der Waals surface area contributed by atoms with Crippen LogP contribution in [0.3, 0.4) is 0 Å². The number of allylic oxidation sites excluding steroid dienone is 4. The van der Waals surface area contributed by atoms with E-state index in [1.165, 1.54) is 40.7 Å². The van der Waals surface area contributed by atoms with Crippen LogP contribution in [0.2, 0.25) is 0 Å². The van der Waals surface area contributed by atoms with Crippen LogP contribution in [0.4, 0.5) is 0 Å². The number of hydrogen-bond donors (Lipinski definition) is 0. The average Bonchev–Trinajstić information content (AvgIpc) is 2.56. The second-order valence-corrected chi connectivity index (χ2v) is 8.12. The number of benzene rings is 1. The van der Waals surface area contributed by atoms with Crippen molar-refractivity contribution in [2.75, 3.05) is 13.1 Å². The summed E-state index contributed by atoms with van der Waals surface area (Å²) in [7, 11) is 0. The zero-order valence-corrected chi connectivity index (χ0v) is 15.2. The molecule has 4 rings (SSSR count). The number of nitrogens with zero attached hydrogens (tertiary/aromatic N) is 1. The second-order valence-electron chi connectivity index (χ2n) is 8.12. The van der Waals surface area contributed by atoms with Crippen LogP contribution in [0.15, 0.2) is 54.3 Å². The summed E-state index contributed by atoms with van der Waals surface area (Å²) in [5, 5.41) is 0. The number of likely N-dealkylation sites (tertiary alicyclic amines) is 1. The monoisotopic (exact) mass is 329 g/mol. The lowest BCUT2D eigenvalue weighted by Crippen LogP contribution is -2.46. The minimum absolute atomic E-state index is 0.553. The molecule has 3 aliphatic rings. The van der Waals surface area contributed by atoms with Crippen molar-refractivity contribution in [3.63, 3.8) is 0 Å². The molecule has 2 atom stereocenters. The minimum Gasteiger partial charge on any atom is -0.365 e. The Morgan fingerprint density at radius 3 is 2.92 bits per heavy atom. The van der Waals surface area contributed by atoms with Gasteiger partial charge in [-0.15, -0.1) is 6.42 Å². The van der Waals surface area contributed by atoms with Crippen LogP contribution in [-0.2, 0) is 12.8 Å². The summed E-state index contributed by atoms with van der Waals surface area (Å²) in [6.45, 7) is 12.7. The van der Waals surface area contributed by atoms with E-state index >= 15 is 0 Å². The highest BCUT2D eigenvalue weighted by Crippen LogP contribution is 2.46. The first kappa shape index (κ1) is 16.3. The summed E-state index contributed by atoms with van der Waals surface area (Å²) in [6.07, 6.45) is 12.6. The standard InChI is InChI=1S/C24H27N/c1-5-18(4)25-14-20(15-25)12-19-7-9-23-21(13-19)11-17(3)22-8-6-16(2)10-24(22)23/h1,7,9-10,13,20,22,24H,3-4,6,8,11-12,14-15H2,2H3/t22?,24-/m1/s1. The van der Waals surface area contributed by atoms with Crippen LogP contribution in [0, 0.1) is 24.2 Å². The summed E-state index contributed by atoms with van der Waals surface area (Å²) in [6, 6.07) is 7.17. The molecule has 0 radical (unpaired) electrons. The van der Waals surface area contributed by atoms with Gasteiger partial charge in [-0.25, -0.2) is 0 Å². The Kier molecular flexibility index (Phi) is 4.08. The summed E-state index contributed by atoms with van der Waals surface area (Å²) in [5.41, 5.74) is 8.28. The first-order valence-corrected chi connectivity index (χ1v) is 9.42. The van der Waals surface area contributed by atoms with E-state index in [1.54, 1.807) is 0 Å². The van der Waals surface area contributed by atoms with E-state index < -0.39 is 0 Å². The van der Waals surface area contributed by atoms with E-state index in [0.717, 1.165) is 31.6 Å². The Labute approximate surface area is 152 Å². The maximum absolute atomic E-state index is 5.43. The van der Waals surface area contributed by atoms with Crippen LogP contribution in [0.5, 0.6) is 0 Å². The van der Waals surface area contributed by atoms with Gasteiger partial charge in [0.1, 0.15) is 0 Å². The van der Waals surface area contributed by atoms with Crippen molar-refractivity contribution in [1.29, 1.82) is 0 Å². The summed E-state index contributed by atoms with van der Waals surface area (Å²) >= 11 is 0. The molecule has 1 unspecified atom stereocenters. The summed E-state index contributed by atoms with van der Waals surface area (Å²) < 4.78 is 0. The van der Waals surface area contributed by atoms with E-state index in [-0.39, 0.29) is 0 Å². The molecule has 128 valence electrons. The number of hydrogen-bond acceptors (Lipinski definition) is 1. The molecule has 1 nitrogen and oxygen atoms in total. The van der Waals surface area contributed by atoms with Crippen LogP contribution in [0.1, 0.15) is 42.4 Å². The van der Waals surface area contributed by atoms with Crippen molar-refractivity contribution < 1.29 is 0 Å². The molecule has 1 heteroatoms. The highest BCUT2D eigenvalue weighted by Gasteiger charge is 2.33. The molecule has 1 aromatic rings. The largest absolute Gasteiger partial charge is 0.365 e. The first-order chi connectivity index (χ1) is 12.0. The smallest absolute Gasteiger partial charge is 0.0803 e. The molecule has 25 heavy (non-hydrogen) atoms. The van der Waals surface area contributed by atoms with E-state index in [2.05, 4.69) is 55.2 Å². The van der Waals surface area contributed by atoms with Crippen molar-refractivity contribution in [2.24, 2.45) is 11.8 Å². The van der Waals surface area contributed by atoms with Gasteiger partial charge in [-0.05, 0) is 61.1 Å². The quantitative estimate of drug-likeness (QED) is 0.565. The molecule has 1 saturated heterocycles. The van der Waals surface area contributed by atoms with Crippen LogP contribution < -0.4 is 0 Å². The normalized spacial score (nSPS) is 25.4. The van der Waals surface area contributed by atoms with Gasteiger partial charge in [0.25, 0.3) is 0 Å². The number of fused-ring (bicyclic) bond motifs is 3. The highest BCUT2D eigenvalue weighted by atomic mass is 15.2. The van der Waals surface area contributed by atoms with E-state index in [0.29, 0.717) is 17.8 Å². The third kappa shape index (κ3) is 2.95. The SMILES string of the molecule is C#CC(=C)N1CC(Cc2ccc3c(c2)CC(=C)C2CCC(C)=C[C@@H]32)C1. The van der Waals surface area contributed by atoms with Crippen molar-refractivity contribution in [2.45, 2.75) is 38.5 Å². The predicted octanol–water partition coefficient (Wildman–Crippen LogP) is 4.86. The molecule has 0 spiro atoms. The van der Waals surface area contributed by atoms with Gasteiger partial charge < -0.3 is 4.90 Å². The average molecular weight is 329 g/mol. The minimum atomic E-state index is 0.553. The Hall–Kier alpha value is -2.20. The molecule has 0 N–H and O–H groups in total. The molecule has 0 saturated carbocycles. The molecule has 1 heterocycles. The van der Waals surface area contributed by atoms with Crippen molar-refractivity contribution >= 4 is 0 Å². The Morgan fingerprint density at radius 2 is 2.16 bits per heavy atom. The highest BCUT2D eigenvalue weighted by molar-refractivity contribution is 5.45. The first-order valence-electron chi connectivity index (χ1n) is 9.42. The summed E-state index contributed by atoms with van der Waals surface area (Å²) in [5.74, 6) is 4.54. The molecular weight excluding hydrogens is 302 g/mol. The van der Waals surface area contributed by atoms with Gasteiger partial charge in [0.15, 0.2) is 0 Å². The van der Waals surface area contributed by atoms with Gasteiger partial charge >= 0.3 is 0 Å². The molecular formula is C24H27N. The second kappa shape index (κ2) is 6.26.